The number of carbonyl (C=O) groups excluding carboxylic acids is 11. The van der Waals surface area contributed by atoms with Crippen molar-refractivity contribution in [2.24, 2.45) is 11.8 Å². The first-order valence-electron chi connectivity index (χ1n) is 24.0. The molecule has 76 heavy (non-hydrogen) atoms. The first-order chi connectivity index (χ1) is 35.9. The molecule has 0 saturated carbocycles. The fraction of sp³-hybridized carbons (Fsp3) is 0.460. The topological polar surface area (TPSA) is 319 Å². The lowest BCUT2D eigenvalue weighted by molar-refractivity contribution is -0.160. The fourth-order valence-electron chi connectivity index (χ4n) is 8.27. The monoisotopic (exact) mass is 1070 g/mol. The lowest BCUT2D eigenvalue weighted by atomic mass is 10.0. The van der Waals surface area contributed by atoms with Crippen LogP contribution < -0.4 is 21.3 Å². The highest BCUT2D eigenvalue weighted by atomic mass is 32.1. The van der Waals surface area contributed by atoms with Gasteiger partial charge >= 0.3 is 11.9 Å². The summed E-state index contributed by atoms with van der Waals surface area (Å²) in [5, 5.41) is 9.83. The largest absolute Gasteiger partial charge is 0.461 e. The zero-order chi connectivity index (χ0) is 56.3. The smallest absolute Gasteiger partial charge is 0.329 e. The van der Waals surface area contributed by atoms with Gasteiger partial charge in [-0.1, -0.05) is 52.0 Å². The quantitative estimate of drug-likeness (QED) is 0.0632. The summed E-state index contributed by atoms with van der Waals surface area (Å²) in [7, 11) is 4.83. The molecule has 4 N–H and O–H groups in total. The van der Waals surface area contributed by atoms with Crippen LogP contribution in [0, 0.1) is 11.8 Å². The van der Waals surface area contributed by atoms with Crippen LogP contribution in [0.15, 0.2) is 60.9 Å². The summed E-state index contributed by atoms with van der Waals surface area (Å²) in [6.45, 7) is 7.08. The molecule has 0 spiro atoms. The third kappa shape index (κ3) is 13.8. The van der Waals surface area contributed by atoms with Gasteiger partial charge in [0, 0.05) is 33.9 Å². The van der Waals surface area contributed by atoms with E-state index >= 15 is 0 Å². The number of ether oxygens (including phenoxy) is 2. The molecule has 2 aromatic heterocycles. The summed E-state index contributed by atoms with van der Waals surface area (Å²) >= 11 is 4.34. The van der Waals surface area contributed by atoms with Gasteiger partial charge in [-0.3, -0.25) is 48.3 Å². The molecule has 0 radical (unpaired) electrons. The van der Waals surface area contributed by atoms with Gasteiger partial charge in [-0.2, -0.15) is 12.6 Å². The summed E-state index contributed by atoms with van der Waals surface area (Å²) in [4.78, 5) is 173. The van der Waals surface area contributed by atoms with Gasteiger partial charge in [0.25, 0.3) is 17.7 Å². The highest BCUT2D eigenvalue weighted by molar-refractivity contribution is 7.80. The molecule has 1 aliphatic heterocycles. The maximum atomic E-state index is 14.3. The number of aromatic nitrogens is 4. The van der Waals surface area contributed by atoms with E-state index < -0.39 is 133 Å². The zero-order valence-corrected chi connectivity index (χ0v) is 44.5. The van der Waals surface area contributed by atoms with Crippen LogP contribution in [0.2, 0.25) is 0 Å². The van der Waals surface area contributed by atoms with E-state index in [4.69, 9.17) is 9.47 Å². The van der Waals surface area contributed by atoms with E-state index in [-0.39, 0.29) is 23.4 Å². The minimum atomic E-state index is -1.89. The standard InChI is InChI=1S/C50H62N12O13S/c1-25(2)39-49(72)74-22-36(58-42(65)34-20-52-30-16-12-14-18-32(30)56-34)44(67)54-28(6)46(69)60(8)38(24-76)48(71)62(10)40(26(3)4)50(73)75-23-35(57-41(64)33-19-51-29-15-11-13-17-31(29)55-33)43(66)53-27(5)45(68)59(7)37(21-63)47(70)61(39)9/h11-21,25-28,35-40,76H,22-24H2,1-10H3,(H,53,66)(H,54,67)(H,57,64)(H,58,65). The number of likely N-dealkylation sites (N-methyl/N-ethyl adjacent to an activating group) is 4. The highest BCUT2D eigenvalue weighted by Crippen LogP contribution is 2.19. The molecule has 2 aromatic carbocycles. The van der Waals surface area contributed by atoms with Gasteiger partial charge in [-0.25, -0.2) is 19.6 Å². The van der Waals surface area contributed by atoms with Crippen LogP contribution in [0.25, 0.3) is 22.1 Å². The van der Waals surface area contributed by atoms with E-state index in [0.29, 0.717) is 22.1 Å². The first kappa shape index (κ1) is 58.7. The molecule has 4 aromatic rings. The number of nitrogens with zero attached hydrogens (tertiary/aromatic N) is 8. The molecule has 1 saturated heterocycles. The van der Waals surface area contributed by atoms with Crippen molar-refractivity contribution in [1.29, 1.82) is 0 Å². The fourth-order valence-corrected chi connectivity index (χ4v) is 8.67. The number of nitrogens with one attached hydrogen (secondary N) is 4. The average molecular weight is 1070 g/mol. The SMILES string of the molecule is CC1NC(=O)C(NC(=O)c2cnc3ccccc3n2)COC(=O)C(C(C)C)N(C)C(=O)C(CS)N(C)C(=O)C(C)NC(=O)C(NC(=O)c2cnc3ccccc3n2)COC(=O)C(C(C)C)N(C)C(=O)C(C=O)N(C)C1=O. The maximum absolute atomic E-state index is 14.3. The number of para-hydroxylation sites is 4. The number of hydrogen-bond donors (Lipinski definition) is 5. The van der Waals surface area contributed by atoms with E-state index in [1.165, 1.54) is 35.0 Å². The molecule has 25 nitrogen and oxygen atoms in total. The maximum Gasteiger partial charge on any atom is 0.329 e. The molecule has 3 heterocycles. The van der Waals surface area contributed by atoms with Crippen molar-refractivity contribution in [2.45, 2.75) is 89.9 Å². The van der Waals surface area contributed by atoms with Gasteiger partial charge in [-0.05, 0) is 49.9 Å². The van der Waals surface area contributed by atoms with E-state index in [0.717, 1.165) is 39.0 Å². The molecule has 0 aliphatic carbocycles. The molecule has 406 valence electrons. The third-order valence-electron chi connectivity index (χ3n) is 12.5. The predicted octanol–water partition coefficient (Wildman–Crippen LogP) is -0.672. The Morgan fingerprint density at radius 3 is 1.38 bits per heavy atom. The van der Waals surface area contributed by atoms with Gasteiger partial charge < -0.3 is 55.1 Å². The van der Waals surface area contributed by atoms with Gasteiger partial charge in [0.1, 0.15) is 66.9 Å². The van der Waals surface area contributed by atoms with Crippen molar-refractivity contribution < 1.29 is 62.2 Å². The molecular formula is C50H62N12O13S. The Labute approximate surface area is 443 Å². The van der Waals surface area contributed by atoms with Gasteiger partial charge in [0.2, 0.25) is 29.5 Å². The number of amides is 8. The Balaban J connectivity index is 1.52. The van der Waals surface area contributed by atoms with Crippen molar-refractivity contribution in [3.05, 3.63) is 72.3 Å². The van der Waals surface area contributed by atoms with E-state index in [9.17, 15) is 52.7 Å². The van der Waals surface area contributed by atoms with E-state index in [1.807, 2.05) is 0 Å². The van der Waals surface area contributed by atoms with Gasteiger partial charge in [0.05, 0.1) is 34.5 Å². The molecule has 0 bridgehead atoms. The molecule has 26 heteroatoms. The number of thiol groups is 1. The summed E-state index contributed by atoms with van der Waals surface area (Å²) in [5.41, 5.74) is 1.17. The van der Waals surface area contributed by atoms with Crippen LogP contribution in [-0.2, 0) is 52.6 Å². The van der Waals surface area contributed by atoms with E-state index in [2.05, 4.69) is 53.8 Å². The average Bonchev–Trinajstić information content (AvgIpc) is 3.39. The first-order valence-corrected chi connectivity index (χ1v) is 24.7. The number of carbonyl (C=O) groups is 11. The Hall–Kier alpha value is -8.16. The number of aldehydes is 1. The van der Waals surface area contributed by atoms with Crippen molar-refractivity contribution >= 4 is 100 Å². The summed E-state index contributed by atoms with van der Waals surface area (Å²) < 4.78 is 11.2. The van der Waals surface area contributed by atoms with Crippen LogP contribution in [0.3, 0.4) is 0 Å². The minimum absolute atomic E-state index is 0.146. The lowest BCUT2D eigenvalue weighted by Gasteiger charge is -2.36. The number of cyclic esters (lactones) is 2. The third-order valence-corrected chi connectivity index (χ3v) is 12.9. The van der Waals surface area contributed by atoms with Crippen molar-refractivity contribution in [3.8, 4) is 0 Å². The molecule has 8 unspecified atom stereocenters. The number of benzene rings is 2. The molecule has 1 fully saturated rings. The second kappa shape index (κ2) is 25.9. The van der Waals surface area contributed by atoms with Crippen LogP contribution in [-0.4, -0.2) is 201 Å². The number of esters is 2. The second-order valence-electron chi connectivity index (χ2n) is 18.7. The molecule has 1 aliphatic rings. The second-order valence-corrected chi connectivity index (χ2v) is 19.1. The number of fused-ring (bicyclic) bond motifs is 2. The van der Waals surface area contributed by atoms with Gasteiger partial charge in [0.15, 0.2) is 12.3 Å². The van der Waals surface area contributed by atoms with Crippen LogP contribution >= 0.6 is 12.6 Å². The lowest BCUT2D eigenvalue weighted by Crippen LogP contribution is -2.60. The summed E-state index contributed by atoms with van der Waals surface area (Å²) in [6.07, 6.45) is 2.47. The zero-order valence-electron chi connectivity index (χ0n) is 43.6. The predicted molar refractivity (Wildman–Crippen MR) is 275 cm³/mol. The Morgan fingerprint density at radius 2 is 1.00 bits per heavy atom. The van der Waals surface area contributed by atoms with Crippen molar-refractivity contribution in [3.63, 3.8) is 0 Å². The highest BCUT2D eigenvalue weighted by Gasteiger charge is 2.41. The number of rotatable bonds is 8. The van der Waals surface area contributed by atoms with Gasteiger partial charge in [-0.15, -0.1) is 0 Å². The van der Waals surface area contributed by atoms with Crippen molar-refractivity contribution in [2.75, 3.05) is 47.2 Å². The molecule has 8 amide bonds. The summed E-state index contributed by atoms with van der Waals surface area (Å²) in [6, 6.07) is 0.808. The van der Waals surface area contributed by atoms with Crippen molar-refractivity contribution in [1.82, 2.24) is 60.8 Å². The molecule has 8 atom stereocenters. The van der Waals surface area contributed by atoms with E-state index in [1.54, 1.807) is 76.2 Å². The Kier molecular flexibility index (Phi) is 20.0. The Morgan fingerprint density at radius 1 is 0.618 bits per heavy atom. The van der Waals surface area contributed by atoms with Crippen LogP contribution in [0.1, 0.15) is 62.5 Å². The normalized spacial score (nSPS) is 23.8. The Bertz CT molecular complexity index is 2890. The van der Waals surface area contributed by atoms with Crippen LogP contribution in [0.5, 0.6) is 0 Å². The molecular weight excluding hydrogens is 1010 g/mol. The number of hydrogen-bond acceptors (Lipinski definition) is 18. The summed E-state index contributed by atoms with van der Waals surface area (Å²) in [5.74, 6) is -11.5. The minimum Gasteiger partial charge on any atom is -0.461 e. The molecule has 5 rings (SSSR count). The van der Waals surface area contributed by atoms with Crippen LogP contribution in [0.4, 0.5) is 0 Å².